The Bertz CT molecular complexity index is 1430. The molecule has 7 nitrogen and oxygen atoms in total. The van der Waals surface area contributed by atoms with Crippen molar-refractivity contribution in [2.45, 2.75) is 57.2 Å². The van der Waals surface area contributed by atoms with E-state index in [2.05, 4.69) is 15.0 Å². The first-order valence-electron chi connectivity index (χ1n) is 11.6. The van der Waals surface area contributed by atoms with E-state index in [1.165, 1.54) is 4.90 Å². The van der Waals surface area contributed by atoms with E-state index in [-0.39, 0.29) is 12.5 Å². The number of hydrogen-bond acceptors (Lipinski definition) is 5. The summed E-state index contributed by atoms with van der Waals surface area (Å²) >= 11 is 0. The molecule has 1 fully saturated rings. The number of para-hydroxylation sites is 1. The largest absolute Gasteiger partial charge is 0.458 e. The molecule has 0 saturated heterocycles. The summed E-state index contributed by atoms with van der Waals surface area (Å²) in [6.07, 6.45) is 0.879. The average Bonchev–Trinajstić information content (AvgIpc) is 3.24. The molecule has 1 aromatic carbocycles. The number of hydrogen-bond donors (Lipinski definition) is 1. The highest BCUT2D eigenvalue weighted by Crippen LogP contribution is 2.50. The quantitative estimate of drug-likeness (QED) is 0.378. The molecule has 182 valence electrons. The first-order valence-corrected chi connectivity index (χ1v) is 11.6. The predicted molar refractivity (Wildman–Crippen MR) is 119 cm³/mol. The molecule has 35 heavy (non-hydrogen) atoms. The number of H-pyrrole nitrogens is 1. The van der Waals surface area contributed by atoms with Crippen LogP contribution in [0.3, 0.4) is 0 Å². The summed E-state index contributed by atoms with van der Waals surface area (Å²) in [5.74, 6) is -1.17. The van der Waals surface area contributed by atoms with Crippen molar-refractivity contribution in [1.82, 2.24) is 19.9 Å². The smallest absolute Gasteiger partial charge is 0.292 e. The van der Waals surface area contributed by atoms with Gasteiger partial charge in [-0.25, -0.2) is 23.1 Å². The summed E-state index contributed by atoms with van der Waals surface area (Å²) in [6.45, 7) is 2.48. The van der Waals surface area contributed by atoms with Gasteiger partial charge in [-0.1, -0.05) is 18.2 Å². The van der Waals surface area contributed by atoms with Gasteiger partial charge in [-0.2, -0.15) is 0 Å². The van der Waals surface area contributed by atoms with Crippen LogP contribution in [0.4, 0.5) is 13.2 Å². The zero-order valence-corrected chi connectivity index (χ0v) is 19.1. The molecule has 4 aromatic rings. The van der Waals surface area contributed by atoms with Gasteiger partial charge in [0.2, 0.25) is 11.7 Å². The highest BCUT2D eigenvalue weighted by Gasteiger charge is 2.44. The number of rotatable bonds is 5. The summed E-state index contributed by atoms with van der Waals surface area (Å²) in [5, 5.41) is 0.967. The maximum atomic E-state index is 14.5. The molecule has 0 bridgehead atoms. The number of halogens is 3. The Morgan fingerprint density at radius 2 is 2.00 bits per heavy atom. The van der Waals surface area contributed by atoms with Gasteiger partial charge in [0.05, 0.1) is 12.0 Å². The van der Waals surface area contributed by atoms with Crippen molar-refractivity contribution >= 4 is 16.9 Å². The Kier molecular flexibility index (Phi) is 4.84. The van der Waals surface area contributed by atoms with Crippen molar-refractivity contribution in [3.8, 4) is 0 Å². The maximum Gasteiger partial charge on any atom is 0.292 e. The molecule has 0 spiro atoms. The van der Waals surface area contributed by atoms with Crippen LogP contribution < -0.4 is 0 Å². The molecule has 2 aliphatic rings. The van der Waals surface area contributed by atoms with Gasteiger partial charge >= 0.3 is 0 Å². The monoisotopic (exact) mass is 484 g/mol. The number of alkyl halides is 3. The van der Waals surface area contributed by atoms with Crippen LogP contribution in [-0.4, -0.2) is 32.3 Å². The minimum atomic E-state index is -3.11. The fourth-order valence-corrected chi connectivity index (χ4v) is 4.86. The van der Waals surface area contributed by atoms with E-state index in [1.54, 1.807) is 6.33 Å². The van der Waals surface area contributed by atoms with Gasteiger partial charge in [0, 0.05) is 29.6 Å². The molecular weight excluding hydrogens is 461 g/mol. The van der Waals surface area contributed by atoms with Crippen LogP contribution in [0.2, 0.25) is 0 Å². The lowest BCUT2D eigenvalue weighted by Gasteiger charge is -2.33. The molecule has 1 aliphatic heterocycles. The van der Waals surface area contributed by atoms with Gasteiger partial charge in [-0.15, -0.1) is 0 Å². The topological polar surface area (TPSA) is 88.2 Å². The summed E-state index contributed by atoms with van der Waals surface area (Å²) in [6, 6.07) is 6.91. The number of imidazole rings is 1. The summed E-state index contributed by atoms with van der Waals surface area (Å²) in [5.41, 5.74) is 0.143. The number of amides is 1. The number of benzene rings is 1. The standard InChI is InChI=1S/C25H23F3N4O3/c1-25(2,28)24-31-18(22(26)27)21(35-24)23(33)32-10-9-14-17(30-11-29-14)19(32)20-16(12-7-8-12)13-5-3-4-6-15(13)34-20/h3-6,11-12,19,22H,7-10H2,1-2H3,(H,29,30)/t19-/m0/s1. The van der Waals surface area contributed by atoms with Gasteiger partial charge in [0.1, 0.15) is 17.4 Å². The summed E-state index contributed by atoms with van der Waals surface area (Å²) in [7, 11) is 0. The summed E-state index contributed by atoms with van der Waals surface area (Å²) < 4.78 is 53.8. The number of furan rings is 1. The van der Waals surface area contributed by atoms with Crippen LogP contribution in [0.1, 0.15) is 89.9 Å². The molecule has 1 atom stereocenters. The van der Waals surface area contributed by atoms with Crippen LogP contribution in [0.25, 0.3) is 11.0 Å². The van der Waals surface area contributed by atoms with Crippen molar-refractivity contribution in [2.75, 3.05) is 6.54 Å². The van der Waals surface area contributed by atoms with Gasteiger partial charge in [0.15, 0.2) is 11.4 Å². The van der Waals surface area contributed by atoms with E-state index >= 15 is 0 Å². The number of nitrogens with zero attached hydrogens (tertiary/aromatic N) is 3. The van der Waals surface area contributed by atoms with Crippen LogP contribution >= 0.6 is 0 Å². The Balaban J connectivity index is 1.51. The second-order valence-electron chi connectivity index (χ2n) is 9.57. The van der Waals surface area contributed by atoms with Crippen molar-refractivity contribution in [1.29, 1.82) is 0 Å². The Labute approximate surface area is 198 Å². The van der Waals surface area contributed by atoms with Gasteiger partial charge in [0.25, 0.3) is 12.3 Å². The highest BCUT2D eigenvalue weighted by atomic mass is 19.3. The molecule has 6 rings (SSSR count). The lowest BCUT2D eigenvalue weighted by atomic mass is 9.94. The lowest BCUT2D eigenvalue weighted by Crippen LogP contribution is -2.41. The minimum absolute atomic E-state index is 0.206. The highest BCUT2D eigenvalue weighted by molar-refractivity contribution is 5.94. The van der Waals surface area contributed by atoms with Crippen LogP contribution in [0.15, 0.2) is 39.4 Å². The molecule has 1 N–H and O–H groups in total. The second-order valence-corrected chi connectivity index (χ2v) is 9.57. The van der Waals surface area contributed by atoms with Gasteiger partial charge in [-0.05, 0) is 38.7 Å². The van der Waals surface area contributed by atoms with Gasteiger partial charge in [-0.3, -0.25) is 4.79 Å². The fourth-order valence-electron chi connectivity index (χ4n) is 4.86. The lowest BCUT2D eigenvalue weighted by molar-refractivity contribution is 0.0615. The minimum Gasteiger partial charge on any atom is -0.458 e. The molecule has 0 radical (unpaired) electrons. The normalized spacial score (nSPS) is 18.5. The zero-order chi connectivity index (χ0) is 24.5. The molecule has 3 aromatic heterocycles. The predicted octanol–water partition coefficient (Wildman–Crippen LogP) is 5.95. The Hall–Kier alpha value is -3.56. The summed E-state index contributed by atoms with van der Waals surface area (Å²) in [4.78, 5) is 26.4. The molecule has 4 heterocycles. The van der Waals surface area contributed by atoms with Gasteiger partial charge < -0.3 is 18.7 Å². The number of nitrogens with one attached hydrogen (secondary N) is 1. The van der Waals surface area contributed by atoms with E-state index < -0.39 is 41.4 Å². The van der Waals surface area contributed by atoms with E-state index in [0.717, 1.165) is 43.3 Å². The van der Waals surface area contributed by atoms with Crippen LogP contribution in [0.5, 0.6) is 0 Å². The third-order valence-electron chi connectivity index (χ3n) is 6.65. The molecular formula is C25H23F3N4O3. The fraction of sp³-hybridized carbons (Fsp3) is 0.400. The van der Waals surface area contributed by atoms with Crippen molar-refractivity contribution in [3.63, 3.8) is 0 Å². The average molecular weight is 484 g/mol. The van der Waals surface area contributed by atoms with Crippen LogP contribution in [0, 0.1) is 0 Å². The second kappa shape index (κ2) is 7.73. The van der Waals surface area contributed by atoms with Crippen molar-refractivity contribution < 1.29 is 26.8 Å². The Morgan fingerprint density at radius 3 is 2.71 bits per heavy atom. The number of fused-ring (bicyclic) bond motifs is 2. The third kappa shape index (κ3) is 3.54. The van der Waals surface area contributed by atoms with E-state index in [1.807, 2.05) is 24.3 Å². The molecule has 0 unspecified atom stereocenters. The number of carbonyl (C=O) groups excluding carboxylic acids is 1. The number of aromatic amines is 1. The SMILES string of the molecule is CC(C)(F)c1nc(C(F)F)c(C(=O)N2CCc3[nH]cnc3[C@H]2c2oc3ccccc3c2C2CC2)o1. The number of aromatic nitrogens is 3. The zero-order valence-electron chi connectivity index (χ0n) is 19.1. The molecule has 1 amide bonds. The molecule has 10 heteroatoms. The number of carbonyl (C=O) groups is 1. The van der Waals surface area contributed by atoms with E-state index in [9.17, 15) is 18.0 Å². The van der Waals surface area contributed by atoms with Crippen molar-refractivity contribution in [3.05, 3.63) is 70.6 Å². The Morgan fingerprint density at radius 1 is 1.23 bits per heavy atom. The van der Waals surface area contributed by atoms with E-state index in [4.69, 9.17) is 8.83 Å². The number of oxazole rings is 1. The third-order valence-corrected chi connectivity index (χ3v) is 6.65. The first kappa shape index (κ1) is 21.9. The molecule has 1 aliphatic carbocycles. The van der Waals surface area contributed by atoms with E-state index in [0.29, 0.717) is 23.5 Å². The molecule has 1 saturated carbocycles. The van der Waals surface area contributed by atoms with Crippen LogP contribution in [-0.2, 0) is 12.1 Å². The van der Waals surface area contributed by atoms with Crippen molar-refractivity contribution in [2.24, 2.45) is 0 Å². The maximum absolute atomic E-state index is 14.5. The first-order chi connectivity index (χ1) is 16.7.